The van der Waals surface area contributed by atoms with Crippen LogP contribution in [0.2, 0.25) is 0 Å². The van der Waals surface area contributed by atoms with E-state index in [2.05, 4.69) is 29.7 Å². The molecule has 1 aromatic rings. The molecule has 1 fully saturated rings. The van der Waals surface area contributed by atoms with Crippen LogP contribution in [-0.4, -0.2) is 36.0 Å². The summed E-state index contributed by atoms with van der Waals surface area (Å²) in [6, 6.07) is 6.59. The van der Waals surface area contributed by atoms with Gasteiger partial charge in [-0.15, -0.1) is 0 Å². The lowest BCUT2D eigenvalue weighted by molar-refractivity contribution is 0.0938. The molecular weight excluding hydrogens is 292 g/mol. The lowest BCUT2D eigenvalue weighted by Crippen LogP contribution is -2.38. The first-order chi connectivity index (χ1) is 10.8. The topological polar surface area (TPSA) is 41.1 Å². The van der Waals surface area contributed by atoms with E-state index >= 15 is 0 Å². The van der Waals surface area contributed by atoms with Crippen molar-refractivity contribution in [1.82, 2.24) is 10.6 Å². The van der Waals surface area contributed by atoms with Gasteiger partial charge < -0.3 is 10.6 Å². The first-order valence-corrected chi connectivity index (χ1v) is 9.58. The molecule has 0 aromatic heterocycles. The summed E-state index contributed by atoms with van der Waals surface area (Å²) < 4.78 is 0. The van der Waals surface area contributed by atoms with Crippen LogP contribution in [0, 0.1) is 0 Å². The van der Waals surface area contributed by atoms with Crippen molar-refractivity contribution in [2.45, 2.75) is 50.3 Å². The zero-order valence-electron chi connectivity index (χ0n) is 13.4. The molecule has 1 aliphatic heterocycles. The van der Waals surface area contributed by atoms with Gasteiger partial charge in [0.25, 0.3) is 5.91 Å². The zero-order chi connectivity index (χ0) is 15.4. The minimum absolute atomic E-state index is 0.105. The van der Waals surface area contributed by atoms with Crippen LogP contribution < -0.4 is 10.6 Å². The highest BCUT2D eigenvalue weighted by Crippen LogP contribution is 2.30. The molecule has 3 rings (SSSR count). The number of nitrogens with one attached hydrogen (secondary N) is 2. The summed E-state index contributed by atoms with van der Waals surface area (Å²) in [6.45, 7) is 4.24. The fraction of sp³-hybridized carbons (Fsp3) is 0.611. The summed E-state index contributed by atoms with van der Waals surface area (Å²) in [5.74, 6) is 1.23. The van der Waals surface area contributed by atoms with Gasteiger partial charge in [-0.1, -0.05) is 19.4 Å². The number of hydrogen-bond acceptors (Lipinski definition) is 3. The Hall–Kier alpha value is -1.00. The van der Waals surface area contributed by atoms with Crippen molar-refractivity contribution in [3.63, 3.8) is 0 Å². The molecule has 0 unspecified atom stereocenters. The highest BCUT2D eigenvalue weighted by Gasteiger charge is 2.28. The van der Waals surface area contributed by atoms with E-state index in [1.165, 1.54) is 24.0 Å². The number of thioether (sulfide) groups is 1. The van der Waals surface area contributed by atoms with Crippen molar-refractivity contribution in [1.29, 1.82) is 0 Å². The quantitative estimate of drug-likeness (QED) is 0.897. The first kappa shape index (κ1) is 15.9. The third-order valence-electron chi connectivity index (χ3n) is 4.76. The molecular formula is C18H26N2OS. The minimum atomic E-state index is 0.105. The van der Waals surface area contributed by atoms with Crippen molar-refractivity contribution >= 4 is 17.7 Å². The molecule has 22 heavy (non-hydrogen) atoms. The monoisotopic (exact) mass is 318 g/mol. The van der Waals surface area contributed by atoms with Crippen molar-refractivity contribution in [2.75, 3.05) is 18.8 Å². The van der Waals surface area contributed by atoms with Crippen molar-refractivity contribution < 1.29 is 4.79 Å². The molecule has 0 radical (unpaired) electrons. The third-order valence-corrected chi connectivity index (χ3v) is 6.09. The predicted molar refractivity (Wildman–Crippen MR) is 93.7 cm³/mol. The lowest BCUT2D eigenvalue weighted by Gasteiger charge is -2.20. The molecule has 1 aromatic carbocycles. The van der Waals surface area contributed by atoms with Crippen LogP contribution in [0.15, 0.2) is 18.2 Å². The van der Waals surface area contributed by atoms with E-state index < -0.39 is 0 Å². The Morgan fingerprint density at radius 1 is 1.27 bits per heavy atom. The van der Waals surface area contributed by atoms with Crippen LogP contribution in [0.1, 0.15) is 47.7 Å². The summed E-state index contributed by atoms with van der Waals surface area (Å²) in [5, 5.41) is 7.29. The Morgan fingerprint density at radius 2 is 2.09 bits per heavy atom. The first-order valence-electron chi connectivity index (χ1n) is 8.53. The molecule has 0 saturated heterocycles. The lowest BCUT2D eigenvalue weighted by atomic mass is 9.99. The Kier molecular flexibility index (Phi) is 5.42. The van der Waals surface area contributed by atoms with E-state index in [-0.39, 0.29) is 5.91 Å². The second-order valence-corrected chi connectivity index (χ2v) is 7.75. The number of carbonyl (C=O) groups is 1. The van der Waals surface area contributed by atoms with Crippen molar-refractivity contribution in [3.8, 4) is 0 Å². The molecule has 0 bridgehead atoms. The van der Waals surface area contributed by atoms with E-state index in [0.29, 0.717) is 11.3 Å². The molecule has 2 N–H and O–H groups in total. The largest absolute Gasteiger partial charge is 0.348 e. The van der Waals surface area contributed by atoms with Crippen LogP contribution >= 0.6 is 11.8 Å². The number of rotatable bonds is 4. The van der Waals surface area contributed by atoms with Gasteiger partial charge in [0, 0.05) is 16.9 Å². The predicted octanol–water partition coefficient (Wildman–Crippen LogP) is 2.78. The maximum atomic E-state index is 12.6. The minimum Gasteiger partial charge on any atom is -0.348 e. The molecule has 1 heterocycles. The second-order valence-electron chi connectivity index (χ2n) is 6.24. The molecule has 1 aliphatic carbocycles. The summed E-state index contributed by atoms with van der Waals surface area (Å²) in [4.78, 5) is 12.6. The Labute approximate surface area is 137 Å². The van der Waals surface area contributed by atoms with Gasteiger partial charge in [0.15, 0.2) is 0 Å². The maximum Gasteiger partial charge on any atom is 0.251 e. The van der Waals surface area contributed by atoms with Gasteiger partial charge in [-0.3, -0.25) is 4.79 Å². The number of hydrogen-bond donors (Lipinski definition) is 2. The number of fused-ring (bicyclic) bond motifs is 1. The fourth-order valence-electron chi connectivity index (χ4n) is 3.57. The van der Waals surface area contributed by atoms with Crippen LogP contribution in [-0.2, 0) is 12.8 Å². The Morgan fingerprint density at radius 3 is 2.91 bits per heavy atom. The van der Waals surface area contributed by atoms with E-state index in [1.54, 1.807) is 0 Å². The van der Waals surface area contributed by atoms with E-state index in [1.807, 2.05) is 17.8 Å². The van der Waals surface area contributed by atoms with Gasteiger partial charge in [-0.2, -0.15) is 11.8 Å². The van der Waals surface area contributed by atoms with Gasteiger partial charge in [-0.25, -0.2) is 0 Å². The van der Waals surface area contributed by atoms with E-state index in [0.717, 1.165) is 43.7 Å². The molecule has 2 aliphatic rings. The second kappa shape index (κ2) is 7.51. The van der Waals surface area contributed by atoms with E-state index in [4.69, 9.17) is 0 Å². The molecule has 1 amide bonds. The highest BCUT2D eigenvalue weighted by atomic mass is 32.2. The van der Waals surface area contributed by atoms with Crippen molar-refractivity contribution in [3.05, 3.63) is 34.9 Å². The average molecular weight is 318 g/mol. The summed E-state index contributed by atoms with van der Waals surface area (Å²) in [5.41, 5.74) is 3.55. The summed E-state index contributed by atoms with van der Waals surface area (Å²) >= 11 is 1.99. The number of amides is 1. The fourth-order valence-corrected chi connectivity index (χ4v) is 4.77. The van der Waals surface area contributed by atoms with Gasteiger partial charge in [0.2, 0.25) is 0 Å². The summed E-state index contributed by atoms with van der Waals surface area (Å²) in [7, 11) is 0. The normalized spacial score (nSPS) is 24.6. The average Bonchev–Trinajstić information content (AvgIpc) is 2.82. The smallest absolute Gasteiger partial charge is 0.251 e. The van der Waals surface area contributed by atoms with Crippen molar-refractivity contribution in [2.24, 2.45) is 0 Å². The standard InChI is InChI=1S/C18H26N2OS/c1-2-22-17-5-3-4-16(17)20-18(21)15-7-6-13-8-10-19-11-9-14(13)12-15/h6-7,12,16-17,19H,2-5,8-11H2,1H3,(H,20,21)/t16-,17+/m1/s1. The summed E-state index contributed by atoms with van der Waals surface area (Å²) in [6.07, 6.45) is 5.68. The highest BCUT2D eigenvalue weighted by molar-refractivity contribution is 7.99. The molecule has 120 valence electrons. The number of carbonyl (C=O) groups excluding carboxylic acids is 1. The van der Waals surface area contributed by atoms with Crippen LogP contribution in [0.3, 0.4) is 0 Å². The molecule has 2 atom stereocenters. The van der Waals surface area contributed by atoms with Crippen LogP contribution in [0.25, 0.3) is 0 Å². The van der Waals surface area contributed by atoms with Gasteiger partial charge in [0.05, 0.1) is 0 Å². The molecule has 0 spiro atoms. The third kappa shape index (κ3) is 3.66. The number of benzene rings is 1. The van der Waals surface area contributed by atoms with Crippen LogP contribution in [0.5, 0.6) is 0 Å². The van der Waals surface area contributed by atoms with Gasteiger partial charge >= 0.3 is 0 Å². The maximum absolute atomic E-state index is 12.6. The van der Waals surface area contributed by atoms with Crippen LogP contribution in [0.4, 0.5) is 0 Å². The molecule has 1 saturated carbocycles. The van der Waals surface area contributed by atoms with Gasteiger partial charge in [-0.05, 0) is 67.8 Å². The van der Waals surface area contributed by atoms with Gasteiger partial charge in [0.1, 0.15) is 0 Å². The SMILES string of the molecule is CCS[C@H]1CCC[C@H]1NC(=O)c1ccc2c(c1)CCNCC2. The molecule has 4 heteroatoms. The zero-order valence-corrected chi connectivity index (χ0v) is 14.2. The Bertz CT molecular complexity index is 532. The Balaban J connectivity index is 1.68. The molecule has 3 nitrogen and oxygen atoms in total. The van der Waals surface area contributed by atoms with E-state index in [9.17, 15) is 4.79 Å².